The van der Waals surface area contributed by atoms with E-state index < -0.39 is 39.3 Å². The number of esters is 1. The smallest absolute Gasteiger partial charge is 0.324 e. The zero-order chi connectivity index (χ0) is 20.9. The van der Waals surface area contributed by atoms with Gasteiger partial charge in [-0.15, -0.1) is 0 Å². The number of hydrogen-bond donors (Lipinski definition) is 0. The fourth-order valence-corrected chi connectivity index (χ4v) is 3.54. The van der Waals surface area contributed by atoms with Gasteiger partial charge in [-0.25, -0.2) is 8.42 Å². The van der Waals surface area contributed by atoms with Gasteiger partial charge in [-0.2, -0.15) is 4.31 Å². The lowest BCUT2D eigenvalue weighted by molar-refractivity contribution is -0.384. The minimum atomic E-state index is -4.09. The average Bonchev–Trinajstić information content (AvgIpc) is 2.71. The van der Waals surface area contributed by atoms with E-state index in [1.807, 2.05) is 0 Å². The second-order valence-electron chi connectivity index (χ2n) is 5.85. The topological polar surface area (TPSA) is 124 Å². The molecule has 10 heteroatoms. The first-order chi connectivity index (χ1) is 13.1. The van der Waals surface area contributed by atoms with Crippen molar-refractivity contribution in [1.29, 1.82) is 0 Å². The zero-order valence-corrected chi connectivity index (χ0v) is 16.0. The molecule has 0 aliphatic heterocycles. The summed E-state index contributed by atoms with van der Waals surface area (Å²) in [5.74, 6) is -1.31. The summed E-state index contributed by atoms with van der Waals surface area (Å²) in [7, 11) is -2.91. The second-order valence-corrected chi connectivity index (χ2v) is 7.84. The molecular formula is C18H18N2O7S. The van der Waals surface area contributed by atoms with Gasteiger partial charge in [0, 0.05) is 24.7 Å². The molecule has 1 atom stereocenters. The molecule has 0 aromatic heterocycles. The van der Waals surface area contributed by atoms with Crippen molar-refractivity contribution in [1.82, 2.24) is 4.31 Å². The number of likely N-dealkylation sites (N-methyl/N-ethyl adjacent to an activating group) is 1. The molecule has 0 aliphatic carbocycles. The molecule has 0 N–H and O–H groups in total. The number of rotatable bonds is 8. The largest absolute Gasteiger partial charge is 0.456 e. The van der Waals surface area contributed by atoms with Crippen molar-refractivity contribution >= 4 is 27.5 Å². The summed E-state index contributed by atoms with van der Waals surface area (Å²) < 4.78 is 30.9. The van der Waals surface area contributed by atoms with E-state index in [0.29, 0.717) is 5.56 Å². The number of Topliss-reactive ketones (excluding diaryl/α,β-unsaturated/α-hetero) is 1. The third-order valence-corrected chi connectivity index (χ3v) is 5.99. The minimum Gasteiger partial charge on any atom is -0.456 e. The van der Waals surface area contributed by atoms with E-state index in [9.17, 15) is 28.1 Å². The molecule has 9 nitrogen and oxygen atoms in total. The van der Waals surface area contributed by atoms with Crippen molar-refractivity contribution in [3.63, 3.8) is 0 Å². The van der Waals surface area contributed by atoms with E-state index in [-0.39, 0.29) is 10.6 Å². The summed E-state index contributed by atoms with van der Waals surface area (Å²) in [5, 5.41) is 10.7. The monoisotopic (exact) mass is 406 g/mol. The fourth-order valence-electron chi connectivity index (χ4n) is 2.23. The summed E-state index contributed by atoms with van der Waals surface area (Å²) in [6, 6.07) is 11.3. The molecule has 0 bridgehead atoms. The molecule has 0 unspecified atom stereocenters. The Morgan fingerprint density at radius 2 is 1.68 bits per heavy atom. The van der Waals surface area contributed by atoms with Gasteiger partial charge in [-0.05, 0) is 19.1 Å². The van der Waals surface area contributed by atoms with Crippen molar-refractivity contribution in [2.75, 3.05) is 13.7 Å². The molecule has 0 spiro atoms. The first-order valence-electron chi connectivity index (χ1n) is 8.12. The highest BCUT2D eigenvalue weighted by Crippen LogP contribution is 2.20. The summed E-state index contributed by atoms with van der Waals surface area (Å²) in [4.78, 5) is 34.0. The van der Waals surface area contributed by atoms with E-state index >= 15 is 0 Å². The second kappa shape index (κ2) is 8.72. The summed E-state index contributed by atoms with van der Waals surface area (Å²) in [6.45, 7) is 0.802. The number of carbonyl (C=O) groups excluding carboxylic acids is 2. The lowest BCUT2D eigenvalue weighted by Gasteiger charge is -2.22. The quantitative estimate of drug-likeness (QED) is 0.284. The predicted octanol–water partition coefficient (Wildman–Crippen LogP) is 2.03. The number of benzene rings is 2. The highest BCUT2D eigenvalue weighted by molar-refractivity contribution is 7.89. The van der Waals surface area contributed by atoms with Gasteiger partial charge in [0.2, 0.25) is 10.0 Å². The van der Waals surface area contributed by atoms with Crippen LogP contribution in [0.4, 0.5) is 5.69 Å². The Labute approximate surface area is 161 Å². The number of ether oxygens (including phenoxy) is 1. The van der Waals surface area contributed by atoms with E-state index in [4.69, 9.17) is 4.74 Å². The zero-order valence-electron chi connectivity index (χ0n) is 15.1. The molecule has 0 aliphatic rings. The number of carbonyl (C=O) groups is 2. The van der Waals surface area contributed by atoms with Crippen LogP contribution in [0.3, 0.4) is 0 Å². The van der Waals surface area contributed by atoms with E-state index in [0.717, 1.165) is 28.6 Å². The average molecular weight is 406 g/mol. The Balaban J connectivity index is 2.05. The van der Waals surface area contributed by atoms with Crippen LogP contribution >= 0.6 is 0 Å². The Morgan fingerprint density at radius 3 is 2.21 bits per heavy atom. The Morgan fingerprint density at radius 1 is 1.11 bits per heavy atom. The van der Waals surface area contributed by atoms with Crippen LogP contribution in [-0.4, -0.2) is 49.1 Å². The van der Waals surface area contributed by atoms with E-state index in [2.05, 4.69) is 0 Å². The van der Waals surface area contributed by atoms with Gasteiger partial charge in [0.15, 0.2) is 12.4 Å². The highest BCUT2D eigenvalue weighted by atomic mass is 32.2. The lowest BCUT2D eigenvalue weighted by atomic mass is 10.1. The molecule has 0 amide bonds. The number of nitrogens with zero attached hydrogens (tertiary/aromatic N) is 2. The molecule has 148 valence electrons. The Hall–Kier alpha value is -3.11. The summed E-state index contributed by atoms with van der Waals surface area (Å²) >= 11 is 0. The maximum atomic E-state index is 12.6. The molecule has 2 aromatic carbocycles. The Kier molecular flexibility index (Phi) is 6.60. The lowest BCUT2D eigenvalue weighted by Crippen LogP contribution is -2.41. The molecular weight excluding hydrogens is 388 g/mol. The predicted molar refractivity (Wildman–Crippen MR) is 99.2 cm³/mol. The van der Waals surface area contributed by atoms with Gasteiger partial charge in [-0.1, -0.05) is 30.3 Å². The molecule has 2 aromatic rings. The van der Waals surface area contributed by atoms with E-state index in [1.165, 1.54) is 14.0 Å². The van der Waals surface area contributed by atoms with Gasteiger partial charge in [0.25, 0.3) is 5.69 Å². The minimum absolute atomic E-state index is 0.208. The van der Waals surface area contributed by atoms with Gasteiger partial charge < -0.3 is 4.74 Å². The van der Waals surface area contributed by atoms with Crippen LogP contribution in [-0.2, 0) is 19.6 Å². The van der Waals surface area contributed by atoms with Crippen LogP contribution in [0.15, 0.2) is 59.5 Å². The van der Waals surface area contributed by atoms with Crippen molar-refractivity contribution < 1.29 is 27.7 Å². The maximum absolute atomic E-state index is 12.6. The molecule has 28 heavy (non-hydrogen) atoms. The number of nitro groups is 1. The molecule has 0 saturated heterocycles. The van der Waals surface area contributed by atoms with Crippen LogP contribution in [0, 0.1) is 10.1 Å². The van der Waals surface area contributed by atoms with Crippen molar-refractivity contribution in [2.45, 2.75) is 17.9 Å². The van der Waals surface area contributed by atoms with Crippen LogP contribution in [0.1, 0.15) is 17.3 Å². The summed E-state index contributed by atoms with van der Waals surface area (Å²) in [6.07, 6.45) is 0. The maximum Gasteiger partial charge on any atom is 0.324 e. The molecule has 0 radical (unpaired) electrons. The molecule has 0 fully saturated rings. The van der Waals surface area contributed by atoms with E-state index in [1.54, 1.807) is 30.3 Å². The van der Waals surface area contributed by atoms with Crippen molar-refractivity contribution in [3.05, 3.63) is 70.3 Å². The number of nitro benzene ring substituents is 1. The molecule has 2 rings (SSSR count). The first kappa shape index (κ1) is 21.2. The SMILES string of the molecule is C[C@@H](C(=O)OCC(=O)c1ccccc1)N(C)S(=O)(=O)c1ccc([N+](=O)[O-])cc1. The van der Waals surface area contributed by atoms with Crippen LogP contribution in [0.25, 0.3) is 0 Å². The fraction of sp³-hybridized carbons (Fsp3) is 0.222. The number of non-ortho nitro benzene ring substituents is 1. The molecule has 0 saturated carbocycles. The number of hydrogen-bond acceptors (Lipinski definition) is 7. The number of sulfonamides is 1. The van der Waals surface area contributed by atoms with Gasteiger partial charge in [0.05, 0.1) is 9.82 Å². The molecule has 0 heterocycles. The van der Waals surface area contributed by atoms with Gasteiger partial charge in [0.1, 0.15) is 6.04 Å². The van der Waals surface area contributed by atoms with Crippen LogP contribution in [0.5, 0.6) is 0 Å². The normalized spacial score (nSPS) is 12.4. The first-order valence-corrected chi connectivity index (χ1v) is 9.56. The van der Waals surface area contributed by atoms with Crippen LogP contribution < -0.4 is 0 Å². The third-order valence-electron chi connectivity index (χ3n) is 4.05. The standard InChI is InChI=1S/C18H18N2O7S/c1-13(18(22)27-12-17(21)14-6-4-3-5-7-14)19(2)28(25,26)16-10-8-15(9-11-16)20(23)24/h3-11,13H,12H2,1-2H3/t13-/m0/s1. The highest BCUT2D eigenvalue weighted by Gasteiger charge is 2.31. The van der Waals surface area contributed by atoms with Crippen molar-refractivity contribution in [3.8, 4) is 0 Å². The third kappa shape index (κ3) is 4.78. The Bertz CT molecular complexity index is 973. The number of ketones is 1. The van der Waals surface area contributed by atoms with Crippen molar-refractivity contribution in [2.24, 2.45) is 0 Å². The summed E-state index contributed by atoms with van der Waals surface area (Å²) in [5.41, 5.74) is 0.114. The van der Waals surface area contributed by atoms with Crippen LogP contribution in [0.2, 0.25) is 0 Å². The van der Waals surface area contributed by atoms with Gasteiger partial charge >= 0.3 is 5.97 Å². The van der Waals surface area contributed by atoms with Gasteiger partial charge in [-0.3, -0.25) is 19.7 Å².